The van der Waals surface area contributed by atoms with Crippen molar-refractivity contribution in [2.24, 2.45) is 0 Å². The number of carbonyl (C=O) groups is 2. The van der Waals surface area contributed by atoms with E-state index in [0.717, 1.165) is 10.1 Å². The van der Waals surface area contributed by atoms with Crippen LogP contribution in [0.5, 0.6) is 17.2 Å². The zero-order chi connectivity index (χ0) is 28.5. The number of rotatable bonds is 13. The Labute approximate surface area is 243 Å². The van der Waals surface area contributed by atoms with Crippen LogP contribution in [-0.4, -0.2) is 69.6 Å². The molecule has 0 saturated carbocycles. The van der Waals surface area contributed by atoms with Crippen LogP contribution in [0.25, 0.3) is 5.69 Å². The zero-order valence-corrected chi connectivity index (χ0v) is 24.6. The first kappa shape index (κ1) is 29.2. The lowest BCUT2D eigenvalue weighted by atomic mass is 10.2. The van der Waals surface area contributed by atoms with Gasteiger partial charge in [-0.1, -0.05) is 53.9 Å². The van der Waals surface area contributed by atoms with E-state index < -0.39 is 0 Å². The largest absolute Gasteiger partial charge is 0.495 e. The average Bonchev–Trinajstić information content (AvgIpc) is 3.60. The van der Waals surface area contributed by atoms with Gasteiger partial charge in [-0.15, -0.1) is 20.4 Å². The standard InChI is InChI=1S/C25H27N7O5S3/c1-5-38-25-31-29-23(40-25)27-21(33)14-39-24-30-28-20(32(24)16-8-6-7-9-17(16)35-2)13-26-22(34)15-10-11-18(36-3)19(12-15)37-4/h6-12H,5,13-14H2,1-4H3,(H,26,34)(H,27,29,33). The summed E-state index contributed by atoms with van der Waals surface area (Å²) in [5, 5.41) is 23.2. The summed E-state index contributed by atoms with van der Waals surface area (Å²) in [6.45, 7) is 2.09. The van der Waals surface area contributed by atoms with Gasteiger partial charge < -0.3 is 19.5 Å². The summed E-state index contributed by atoms with van der Waals surface area (Å²) in [4.78, 5) is 25.6. The third kappa shape index (κ3) is 7.03. The van der Waals surface area contributed by atoms with Crippen molar-refractivity contribution < 1.29 is 23.8 Å². The second kappa shape index (κ2) is 14.0. The summed E-state index contributed by atoms with van der Waals surface area (Å²) in [5.74, 6) is 2.33. The van der Waals surface area contributed by atoms with Crippen LogP contribution in [-0.2, 0) is 11.3 Å². The van der Waals surface area contributed by atoms with E-state index in [1.54, 1.807) is 41.6 Å². The lowest BCUT2D eigenvalue weighted by Gasteiger charge is -2.14. The molecule has 0 saturated heterocycles. The number of hydrogen-bond donors (Lipinski definition) is 2. The predicted octanol–water partition coefficient (Wildman–Crippen LogP) is 3.92. The molecule has 2 aromatic carbocycles. The number of amides is 2. The highest BCUT2D eigenvalue weighted by Gasteiger charge is 2.20. The van der Waals surface area contributed by atoms with Crippen molar-refractivity contribution in [3.8, 4) is 22.9 Å². The molecule has 15 heteroatoms. The number of hydrogen-bond acceptors (Lipinski definition) is 12. The molecule has 0 bridgehead atoms. The molecule has 0 aliphatic heterocycles. The molecule has 40 heavy (non-hydrogen) atoms. The Morgan fingerprint density at radius 2 is 1.70 bits per heavy atom. The summed E-state index contributed by atoms with van der Waals surface area (Å²) >= 11 is 4.08. The molecular formula is C25H27N7O5S3. The normalized spacial score (nSPS) is 10.7. The maximum atomic E-state index is 12.9. The lowest BCUT2D eigenvalue weighted by molar-refractivity contribution is -0.113. The number of benzene rings is 2. The Bertz CT molecular complexity index is 1480. The summed E-state index contributed by atoms with van der Waals surface area (Å²) in [7, 11) is 4.60. The van der Waals surface area contributed by atoms with Crippen LogP contribution in [0.3, 0.4) is 0 Å². The first-order chi connectivity index (χ1) is 19.5. The Morgan fingerprint density at radius 1 is 0.925 bits per heavy atom. The van der Waals surface area contributed by atoms with Crippen molar-refractivity contribution in [3.05, 3.63) is 53.9 Å². The van der Waals surface area contributed by atoms with E-state index in [1.807, 2.05) is 31.2 Å². The van der Waals surface area contributed by atoms with Crippen LogP contribution in [0.15, 0.2) is 52.0 Å². The third-order valence-electron chi connectivity index (χ3n) is 5.33. The number of methoxy groups -OCH3 is 3. The Kier molecular flexibility index (Phi) is 10.2. The van der Waals surface area contributed by atoms with Crippen LogP contribution in [0.1, 0.15) is 23.1 Å². The molecule has 4 aromatic rings. The maximum absolute atomic E-state index is 12.9. The van der Waals surface area contributed by atoms with Gasteiger partial charge in [-0.05, 0) is 36.1 Å². The van der Waals surface area contributed by atoms with Crippen molar-refractivity contribution in [2.45, 2.75) is 23.0 Å². The van der Waals surface area contributed by atoms with E-state index >= 15 is 0 Å². The Balaban J connectivity index is 1.52. The van der Waals surface area contributed by atoms with E-state index in [4.69, 9.17) is 14.2 Å². The van der Waals surface area contributed by atoms with Gasteiger partial charge in [0, 0.05) is 5.56 Å². The minimum atomic E-state index is -0.332. The molecule has 0 unspecified atom stereocenters. The topological polar surface area (TPSA) is 142 Å². The van der Waals surface area contributed by atoms with Crippen LogP contribution in [0.4, 0.5) is 5.13 Å². The van der Waals surface area contributed by atoms with Gasteiger partial charge in [0.2, 0.25) is 11.0 Å². The van der Waals surface area contributed by atoms with Crippen molar-refractivity contribution in [1.82, 2.24) is 30.3 Å². The molecule has 2 heterocycles. The monoisotopic (exact) mass is 601 g/mol. The van der Waals surface area contributed by atoms with Crippen LogP contribution in [0, 0.1) is 0 Å². The second-order valence-corrected chi connectivity index (χ2v) is 11.2. The number of nitrogens with zero attached hydrogens (tertiary/aromatic N) is 5. The van der Waals surface area contributed by atoms with Crippen LogP contribution >= 0.6 is 34.9 Å². The van der Waals surface area contributed by atoms with E-state index in [2.05, 4.69) is 31.0 Å². The Hall–Kier alpha value is -3.82. The smallest absolute Gasteiger partial charge is 0.251 e. The highest BCUT2D eigenvalue weighted by molar-refractivity contribution is 8.01. The van der Waals surface area contributed by atoms with Gasteiger partial charge in [-0.2, -0.15) is 0 Å². The zero-order valence-electron chi connectivity index (χ0n) is 22.2. The third-order valence-corrected chi connectivity index (χ3v) is 8.12. The van der Waals surface area contributed by atoms with Gasteiger partial charge in [0.25, 0.3) is 5.91 Å². The maximum Gasteiger partial charge on any atom is 0.251 e. The lowest BCUT2D eigenvalue weighted by Crippen LogP contribution is -2.25. The number of anilines is 1. The quantitative estimate of drug-likeness (QED) is 0.170. The fourth-order valence-electron chi connectivity index (χ4n) is 3.53. The average molecular weight is 602 g/mol. The van der Waals surface area contributed by atoms with Crippen LogP contribution in [0.2, 0.25) is 0 Å². The van der Waals surface area contributed by atoms with Crippen LogP contribution < -0.4 is 24.8 Å². The predicted molar refractivity (Wildman–Crippen MR) is 154 cm³/mol. The first-order valence-corrected chi connectivity index (χ1v) is 14.7. The summed E-state index contributed by atoms with van der Waals surface area (Å²) < 4.78 is 18.7. The number of para-hydroxylation sites is 2. The molecule has 0 spiro atoms. The molecule has 0 aliphatic carbocycles. The van der Waals surface area contributed by atoms with Gasteiger partial charge in [0.15, 0.2) is 26.8 Å². The summed E-state index contributed by atoms with van der Waals surface area (Å²) in [5.41, 5.74) is 1.06. The summed E-state index contributed by atoms with van der Waals surface area (Å²) in [6.07, 6.45) is 0. The van der Waals surface area contributed by atoms with E-state index in [-0.39, 0.29) is 24.1 Å². The van der Waals surface area contributed by atoms with E-state index in [0.29, 0.717) is 44.6 Å². The minimum Gasteiger partial charge on any atom is -0.495 e. The number of aromatic nitrogens is 5. The van der Waals surface area contributed by atoms with E-state index in [9.17, 15) is 9.59 Å². The molecule has 0 atom stereocenters. The van der Waals surface area contributed by atoms with Crippen molar-refractivity contribution >= 4 is 51.8 Å². The molecular weight excluding hydrogens is 575 g/mol. The Morgan fingerprint density at radius 3 is 2.45 bits per heavy atom. The SMILES string of the molecule is CCSc1nnc(NC(=O)CSc2nnc(CNC(=O)c3ccc(OC)c(OC)c3)n2-c2ccccc2OC)s1. The molecule has 4 rings (SSSR count). The number of thioether (sulfide) groups is 2. The number of carbonyl (C=O) groups excluding carboxylic acids is 2. The molecule has 0 fully saturated rings. The van der Waals surface area contributed by atoms with Gasteiger partial charge in [0.1, 0.15) is 5.75 Å². The fraction of sp³-hybridized carbons (Fsp3) is 0.280. The van der Waals surface area contributed by atoms with Crippen molar-refractivity contribution in [3.63, 3.8) is 0 Å². The van der Waals surface area contributed by atoms with Gasteiger partial charge in [-0.3, -0.25) is 19.5 Å². The molecule has 2 amide bonds. The molecule has 12 nitrogen and oxygen atoms in total. The molecule has 0 aliphatic rings. The van der Waals surface area contributed by atoms with Crippen molar-refractivity contribution in [2.75, 3.05) is 38.2 Å². The van der Waals surface area contributed by atoms with Gasteiger partial charge in [0.05, 0.1) is 39.3 Å². The second-order valence-electron chi connectivity index (χ2n) is 7.80. The van der Waals surface area contributed by atoms with E-state index in [1.165, 1.54) is 37.3 Å². The molecule has 210 valence electrons. The molecule has 2 aromatic heterocycles. The highest BCUT2D eigenvalue weighted by atomic mass is 32.2. The molecule has 2 N–H and O–H groups in total. The molecule has 0 radical (unpaired) electrons. The minimum absolute atomic E-state index is 0.0567. The number of ether oxygens (including phenoxy) is 3. The fourth-order valence-corrected chi connectivity index (χ4v) is 5.96. The summed E-state index contributed by atoms with van der Waals surface area (Å²) in [6, 6.07) is 12.3. The van der Waals surface area contributed by atoms with Crippen molar-refractivity contribution in [1.29, 1.82) is 0 Å². The highest BCUT2D eigenvalue weighted by Crippen LogP contribution is 2.30. The number of nitrogens with one attached hydrogen (secondary N) is 2. The van der Waals surface area contributed by atoms with Gasteiger partial charge in [-0.25, -0.2) is 0 Å². The van der Waals surface area contributed by atoms with Gasteiger partial charge >= 0.3 is 0 Å². The first-order valence-electron chi connectivity index (χ1n) is 11.9.